The van der Waals surface area contributed by atoms with Gasteiger partial charge in [0, 0.05) is 17.7 Å². The van der Waals surface area contributed by atoms with Gasteiger partial charge < -0.3 is 14.2 Å². The number of aromatic nitrogens is 4. The number of benzene rings is 3. The number of hydrogen-bond donors (Lipinski definition) is 1. The molecule has 0 spiro atoms. The second-order valence-corrected chi connectivity index (χ2v) is 8.96. The Labute approximate surface area is 218 Å². The Balaban J connectivity index is 1.28. The normalized spacial score (nSPS) is 16.4. The number of carbonyl (C=O) groups excluding carboxylic acids is 1. The minimum absolute atomic E-state index is 0.157. The summed E-state index contributed by atoms with van der Waals surface area (Å²) >= 11 is 0. The van der Waals surface area contributed by atoms with E-state index in [2.05, 4.69) is 31.0 Å². The van der Waals surface area contributed by atoms with Crippen LogP contribution in [-0.4, -0.2) is 64.7 Å². The number of fused-ring (bicyclic) bond motifs is 2. The molecular weight excluding hydrogens is 486 g/mol. The van der Waals surface area contributed by atoms with Gasteiger partial charge in [0.15, 0.2) is 17.3 Å². The predicted octanol–water partition coefficient (Wildman–Crippen LogP) is 2.74. The van der Waals surface area contributed by atoms with Crippen molar-refractivity contribution in [2.24, 2.45) is 5.10 Å². The molecule has 0 fully saturated rings. The fourth-order valence-electron chi connectivity index (χ4n) is 4.83. The largest absolute Gasteiger partial charge is 0.492 e. The van der Waals surface area contributed by atoms with E-state index in [0.29, 0.717) is 28.6 Å². The number of carbonyl (C=O) groups is 1. The van der Waals surface area contributed by atoms with E-state index in [1.54, 1.807) is 42.3 Å². The first-order valence-corrected chi connectivity index (χ1v) is 12.1. The molecule has 2 aliphatic rings. The average Bonchev–Trinajstić information content (AvgIpc) is 3.62. The fourth-order valence-corrected chi connectivity index (χ4v) is 4.83. The van der Waals surface area contributed by atoms with Crippen LogP contribution < -0.4 is 19.6 Å². The Morgan fingerprint density at radius 3 is 2.76 bits per heavy atom. The van der Waals surface area contributed by atoms with E-state index in [4.69, 9.17) is 14.2 Å². The second-order valence-electron chi connectivity index (χ2n) is 8.96. The molecule has 1 N–H and O–H groups in total. The van der Waals surface area contributed by atoms with Crippen molar-refractivity contribution in [1.82, 2.24) is 30.5 Å². The van der Waals surface area contributed by atoms with Gasteiger partial charge in [-0.05, 0) is 65.4 Å². The minimum Gasteiger partial charge on any atom is -0.492 e. The third kappa shape index (κ3) is 4.22. The lowest BCUT2D eigenvalue weighted by Gasteiger charge is -2.34. The first kappa shape index (κ1) is 23.6. The van der Waals surface area contributed by atoms with Crippen molar-refractivity contribution in [3.8, 4) is 22.9 Å². The smallest absolute Gasteiger partial charge is 0.271 e. The molecule has 4 aromatic rings. The van der Waals surface area contributed by atoms with E-state index in [1.165, 1.54) is 0 Å². The molecule has 38 heavy (non-hydrogen) atoms. The van der Waals surface area contributed by atoms with Crippen LogP contribution in [0.2, 0.25) is 0 Å². The van der Waals surface area contributed by atoms with Crippen LogP contribution in [0.1, 0.15) is 38.9 Å². The lowest BCUT2D eigenvalue weighted by atomic mass is 9.90. The van der Waals surface area contributed by atoms with Gasteiger partial charge in [-0.1, -0.05) is 30.3 Å². The van der Waals surface area contributed by atoms with Gasteiger partial charge in [-0.2, -0.15) is 9.78 Å². The highest BCUT2D eigenvalue weighted by atomic mass is 16.7. The summed E-state index contributed by atoms with van der Waals surface area (Å²) in [6.07, 6.45) is 2.42. The molecule has 0 saturated carbocycles. The lowest BCUT2D eigenvalue weighted by Crippen LogP contribution is -2.35. The molecule has 11 nitrogen and oxygen atoms in total. The molecule has 2 aliphatic heterocycles. The summed E-state index contributed by atoms with van der Waals surface area (Å²) in [7, 11) is 3.65. The topological polar surface area (TPSA) is 116 Å². The number of hydrazone groups is 1. The molecule has 6 rings (SSSR count). The van der Waals surface area contributed by atoms with Crippen molar-refractivity contribution in [2.75, 3.05) is 27.5 Å². The minimum atomic E-state index is -0.317. The standard InChI is InChI=1S/C27H25N7O4/c1-33-13-12-19-14-21-24(38-16-37-21)25(36-2)22(19)23(33)26-29-31-32-34(26)20-10-8-18(9-11-20)27(35)30-28-15-17-6-4-3-5-7-17/h3-11,14-15,23H,12-13,16H2,1-2H3,(H,30,35)/b28-15-/t23-/m1/s1. The molecule has 0 aliphatic carbocycles. The van der Waals surface area contributed by atoms with Gasteiger partial charge in [0.2, 0.25) is 12.5 Å². The van der Waals surface area contributed by atoms with Gasteiger partial charge in [0.1, 0.15) is 6.04 Å². The van der Waals surface area contributed by atoms with Crippen LogP contribution in [0.25, 0.3) is 5.69 Å². The van der Waals surface area contributed by atoms with E-state index < -0.39 is 0 Å². The highest BCUT2D eigenvalue weighted by Crippen LogP contribution is 2.50. The Hall–Kier alpha value is -4.77. The Bertz CT molecular complexity index is 1500. The SMILES string of the molecule is COc1c2c(cc3c1[C@H](c1nnnn1-c1ccc(C(=O)N/N=C\c4ccccc4)cc1)N(C)CC3)OCO2. The van der Waals surface area contributed by atoms with Crippen molar-refractivity contribution >= 4 is 12.1 Å². The zero-order valence-electron chi connectivity index (χ0n) is 20.9. The van der Waals surface area contributed by atoms with Crippen molar-refractivity contribution < 1.29 is 19.0 Å². The molecule has 11 heteroatoms. The molecule has 0 bridgehead atoms. The summed E-state index contributed by atoms with van der Waals surface area (Å²) in [5, 5.41) is 16.7. The maximum absolute atomic E-state index is 12.6. The quantitative estimate of drug-likeness (QED) is 0.310. The van der Waals surface area contributed by atoms with Gasteiger partial charge in [-0.3, -0.25) is 9.69 Å². The van der Waals surface area contributed by atoms with Gasteiger partial charge in [-0.15, -0.1) is 5.10 Å². The molecule has 0 saturated heterocycles. The molecule has 3 heterocycles. The number of methoxy groups -OCH3 is 1. The van der Waals surface area contributed by atoms with Gasteiger partial charge >= 0.3 is 0 Å². The third-order valence-electron chi connectivity index (χ3n) is 6.69. The molecule has 1 atom stereocenters. The third-order valence-corrected chi connectivity index (χ3v) is 6.69. The molecule has 0 unspecified atom stereocenters. The Morgan fingerprint density at radius 2 is 1.97 bits per heavy atom. The van der Waals surface area contributed by atoms with E-state index in [-0.39, 0.29) is 18.7 Å². The van der Waals surface area contributed by atoms with Crippen molar-refractivity contribution in [1.29, 1.82) is 0 Å². The summed E-state index contributed by atoms with van der Waals surface area (Å²) in [5.41, 5.74) is 6.68. The fraction of sp³-hybridized carbons (Fsp3) is 0.222. The number of nitrogens with zero attached hydrogens (tertiary/aromatic N) is 6. The molecular formula is C27H25N7O4. The van der Waals surface area contributed by atoms with Crippen molar-refractivity contribution in [3.05, 3.63) is 88.7 Å². The van der Waals surface area contributed by atoms with Crippen LogP contribution in [0.5, 0.6) is 17.2 Å². The molecule has 192 valence electrons. The first-order valence-electron chi connectivity index (χ1n) is 12.1. The van der Waals surface area contributed by atoms with Crippen LogP contribution >= 0.6 is 0 Å². The van der Waals surface area contributed by atoms with Gasteiger partial charge in [0.05, 0.1) is 19.0 Å². The zero-order chi connectivity index (χ0) is 26.1. The van der Waals surface area contributed by atoms with Gasteiger partial charge in [-0.25, -0.2) is 5.43 Å². The summed E-state index contributed by atoms with van der Waals surface area (Å²) < 4.78 is 18.8. The molecule has 1 aromatic heterocycles. The molecule has 0 radical (unpaired) electrons. The lowest BCUT2D eigenvalue weighted by molar-refractivity contribution is 0.0955. The first-order chi connectivity index (χ1) is 18.6. The number of hydrogen-bond acceptors (Lipinski definition) is 9. The van der Waals surface area contributed by atoms with Crippen LogP contribution in [0.4, 0.5) is 0 Å². The summed E-state index contributed by atoms with van der Waals surface area (Å²) in [6, 6.07) is 18.3. The van der Waals surface area contributed by atoms with Gasteiger partial charge in [0.25, 0.3) is 5.91 Å². The van der Waals surface area contributed by atoms with E-state index in [0.717, 1.165) is 35.3 Å². The van der Waals surface area contributed by atoms with Crippen LogP contribution in [-0.2, 0) is 6.42 Å². The Kier molecular flexibility index (Phi) is 6.18. The maximum atomic E-state index is 12.6. The highest BCUT2D eigenvalue weighted by molar-refractivity contribution is 5.95. The average molecular weight is 512 g/mol. The van der Waals surface area contributed by atoms with Crippen LogP contribution in [0.15, 0.2) is 65.8 Å². The summed E-state index contributed by atoms with van der Waals surface area (Å²) in [6.45, 7) is 0.959. The van der Waals surface area contributed by atoms with Crippen LogP contribution in [0, 0.1) is 0 Å². The predicted molar refractivity (Wildman–Crippen MR) is 138 cm³/mol. The van der Waals surface area contributed by atoms with Crippen molar-refractivity contribution in [3.63, 3.8) is 0 Å². The number of rotatable bonds is 6. The number of amides is 1. The molecule has 1 amide bonds. The van der Waals surface area contributed by atoms with Crippen LogP contribution in [0.3, 0.4) is 0 Å². The number of ether oxygens (including phenoxy) is 3. The van der Waals surface area contributed by atoms with E-state index >= 15 is 0 Å². The zero-order valence-corrected chi connectivity index (χ0v) is 20.9. The second kappa shape index (κ2) is 9.94. The van der Waals surface area contributed by atoms with E-state index in [9.17, 15) is 4.79 Å². The summed E-state index contributed by atoms with van der Waals surface area (Å²) in [4.78, 5) is 14.8. The number of nitrogens with one attached hydrogen (secondary N) is 1. The highest BCUT2D eigenvalue weighted by Gasteiger charge is 2.37. The number of tetrazole rings is 1. The number of likely N-dealkylation sites (N-methyl/N-ethyl adjacent to an activating group) is 1. The Morgan fingerprint density at radius 1 is 1.16 bits per heavy atom. The molecule has 3 aromatic carbocycles. The van der Waals surface area contributed by atoms with E-state index in [1.807, 2.05) is 43.4 Å². The maximum Gasteiger partial charge on any atom is 0.271 e. The monoisotopic (exact) mass is 511 g/mol. The summed E-state index contributed by atoms with van der Waals surface area (Å²) in [5.74, 6) is 2.21. The van der Waals surface area contributed by atoms with Crippen molar-refractivity contribution in [2.45, 2.75) is 12.5 Å².